The number of hydrogen-bond donors (Lipinski definition) is 0. The van der Waals surface area contributed by atoms with Crippen LogP contribution in [0.3, 0.4) is 0 Å². The highest BCUT2D eigenvalue weighted by molar-refractivity contribution is 6.22. The number of fused-ring (bicyclic) bond motifs is 6. The van der Waals surface area contributed by atoms with Gasteiger partial charge in [0.2, 0.25) is 0 Å². The van der Waals surface area contributed by atoms with E-state index in [9.17, 15) is 0 Å². The van der Waals surface area contributed by atoms with Gasteiger partial charge in [-0.2, -0.15) is 0 Å². The van der Waals surface area contributed by atoms with Crippen molar-refractivity contribution in [3.05, 3.63) is 224 Å². The van der Waals surface area contributed by atoms with Crippen molar-refractivity contribution in [3.63, 3.8) is 0 Å². The third-order valence-electron chi connectivity index (χ3n) is 11.2. The molecular formula is C54H37N3. The Morgan fingerprint density at radius 3 is 1.65 bits per heavy atom. The van der Waals surface area contributed by atoms with Crippen molar-refractivity contribution < 1.29 is 0 Å². The summed E-state index contributed by atoms with van der Waals surface area (Å²) in [4.78, 5) is 2.37. The molecule has 3 heteroatoms. The molecule has 11 rings (SSSR count). The van der Waals surface area contributed by atoms with Crippen LogP contribution in [0, 0.1) is 0 Å². The molecule has 2 aromatic heterocycles. The lowest BCUT2D eigenvalue weighted by Gasteiger charge is -2.26. The lowest BCUT2D eigenvalue weighted by molar-refractivity contribution is 1.12. The molecule has 57 heavy (non-hydrogen) atoms. The summed E-state index contributed by atoms with van der Waals surface area (Å²) in [5, 5.41) is 6.08. The van der Waals surface area contributed by atoms with Crippen molar-refractivity contribution in [2.75, 3.05) is 4.90 Å². The average Bonchev–Trinajstić information content (AvgIpc) is 3.82. The molecule has 0 fully saturated rings. The van der Waals surface area contributed by atoms with Crippen LogP contribution < -0.4 is 4.90 Å². The Kier molecular flexibility index (Phi) is 7.82. The van der Waals surface area contributed by atoms with E-state index in [-0.39, 0.29) is 0 Å². The first-order chi connectivity index (χ1) is 28.3. The standard InChI is InChI=1S/C54H37N3/c1-5-19-39(20-6-1)51-49-35-34-48-47-30-15-16-31-50(47)56(53(48)54(49)57(43-26-11-4-12-27-43)52(51)40-21-7-2-8-22-40)45-29-17-28-44(37-45)55(42-24-9-3-10-25-42)46-33-32-38-18-13-14-23-41(38)36-46/h1-37H. The predicted octanol–water partition coefficient (Wildman–Crippen LogP) is 14.7. The number of para-hydroxylation sites is 3. The molecule has 0 aliphatic rings. The van der Waals surface area contributed by atoms with Gasteiger partial charge in [0, 0.05) is 50.2 Å². The van der Waals surface area contributed by atoms with Crippen LogP contribution in [0.2, 0.25) is 0 Å². The summed E-state index contributed by atoms with van der Waals surface area (Å²) in [7, 11) is 0. The monoisotopic (exact) mass is 727 g/mol. The minimum Gasteiger partial charge on any atom is -0.310 e. The summed E-state index contributed by atoms with van der Waals surface area (Å²) in [5.74, 6) is 0. The molecule has 0 saturated carbocycles. The zero-order valence-electron chi connectivity index (χ0n) is 31.2. The number of aromatic nitrogens is 2. The molecule has 0 saturated heterocycles. The molecule has 9 aromatic carbocycles. The van der Waals surface area contributed by atoms with E-state index in [4.69, 9.17) is 0 Å². The van der Waals surface area contributed by atoms with Gasteiger partial charge in [0.1, 0.15) is 0 Å². The van der Waals surface area contributed by atoms with Crippen LogP contribution in [0.25, 0.3) is 77.2 Å². The maximum absolute atomic E-state index is 2.50. The van der Waals surface area contributed by atoms with Gasteiger partial charge in [-0.05, 0) is 82.6 Å². The van der Waals surface area contributed by atoms with Crippen molar-refractivity contribution in [2.24, 2.45) is 0 Å². The molecule has 11 aromatic rings. The second-order valence-electron chi connectivity index (χ2n) is 14.6. The molecule has 268 valence electrons. The minimum atomic E-state index is 1.08. The Hall–Kier alpha value is -7.62. The van der Waals surface area contributed by atoms with Gasteiger partial charge in [0.25, 0.3) is 0 Å². The molecule has 3 nitrogen and oxygen atoms in total. The number of nitrogens with zero attached hydrogens (tertiary/aromatic N) is 3. The largest absolute Gasteiger partial charge is 0.310 e. The van der Waals surface area contributed by atoms with Crippen molar-refractivity contribution in [2.45, 2.75) is 0 Å². The Morgan fingerprint density at radius 2 is 0.877 bits per heavy atom. The van der Waals surface area contributed by atoms with Gasteiger partial charge < -0.3 is 14.0 Å². The lowest BCUT2D eigenvalue weighted by atomic mass is 9.98. The van der Waals surface area contributed by atoms with E-state index in [0.29, 0.717) is 0 Å². The third kappa shape index (κ3) is 5.43. The first kappa shape index (κ1) is 32.8. The summed E-state index contributed by atoms with van der Waals surface area (Å²) in [6.45, 7) is 0. The van der Waals surface area contributed by atoms with Crippen LogP contribution in [0.1, 0.15) is 0 Å². The number of benzene rings is 9. The number of anilines is 3. The summed E-state index contributed by atoms with van der Waals surface area (Å²) in [5.41, 5.74) is 13.8. The van der Waals surface area contributed by atoms with Gasteiger partial charge in [-0.1, -0.05) is 164 Å². The molecule has 0 unspecified atom stereocenters. The SMILES string of the molecule is c1ccc(-c2c(-c3ccccc3)n(-c3ccccc3)c3c2ccc2c4ccccc4n(-c4cccc(N(c5ccccc5)c5ccc6ccccc6c5)c4)c23)cc1. The first-order valence-electron chi connectivity index (χ1n) is 19.5. The van der Waals surface area contributed by atoms with Crippen LogP contribution in [0.5, 0.6) is 0 Å². The normalized spacial score (nSPS) is 11.5. The highest BCUT2D eigenvalue weighted by Crippen LogP contribution is 2.47. The molecule has 0 atom stereocenters. The number of hydrogen-bond acceptors (Lipinski definition) is 1. The second kappa shape index (κ2) is 13.6. The van der Waals surface area contributed by atoms with Crippen LogP contribution in [0.15, 0.2) is 224 Å². The van der Waals surface area contributed by atoms with Gasteiger partial charge in [-0.3, -0.25) is 0 Å². The molecule has 0 spiro atoms. The van der Waals surface area contributed by atoms with Crippen LogP contribution in [-0.2, 0) is 0 Å². The topological polar surface area (TPSA) is 13.1 Å². The van der Waals surface area contributed by atoms with Gasteiger partial charge in [-0.25, -0.2) is 0 Å². The van der Waals surface area contributed by atoms with E-state index >= 15 is 0 Å². The Balaban J connectivity index is 1.25. The highest BCUT2D eigenvalue weighted by atomic mass is 15.1. The molecule has 0 bridgehead atoms. The summed E-state index contributed by atoms with van der Waals surface area (Å²) in [6.07, 6.45) is 0. The van der Waals surface area contributed by atoms with Gasteiger partial charge in [0.05, 0.1) is 22.2 Å². The quantitative estimate of drug-likeness (QED) is 0.159. The van der Waals surface area contributed by atoms with Crippen LogP contribution >= 0.6 is 0 Å². The predicted molar refractivity (Wildman–Crippen MR) is 241 cm³/mol. The lowest BCUT2D eigenvalue weighted by Crippen LogP contribution is -2.10. The Morgan fingerprint density at radius 1 is 0.316 bits per heavy atom. The summed E-state index contributed by atoms with van der Waals surface area (Å²) >= 11 is 0. The zero-order valence-corrected chi connectivity index (χ0v) is 31.2. The fourth-order valence-electron chi connectivity index (χ4n) is 8.80. The van der Waals surface area contributed by atoms with Crippen molar-refractivity contribution >= 4 is 60.5 Å². The van der Waals surface area contributed by atoms with E-state index in [2.05, 4.69) is 238 Å². The maximum Gasteiger partial charge on any atom is 0.0789 e. The van der Waals surface area contributed by atoms with E-state index < -0.39 is 0 Å². The Labute approximate surface area is 331 Å². The summed E-state index contributed by atoms with van der Waals surface area (Å²) in [6, 6.07) is 81.1. The second-order valence-corrected chi connectivity index (χ2v) is 14.6. The minimum absolute atomic E-state index is 1.08. The molecule has 0 aliphatic carbocycles. The third-order valence-corrected chi connectivity index (χ3v) is 11.2. The summed E-state index contributed by atoms with van der Waals surface area (Å²) < 4.78 is 4.99. The maximum atomic E-state index is 2.50. The van der Waals surface area contributed by atoms with Crippen molar-refractivity contribution in [3.8, 4) is 33.8 Å². The van der Waals surface area contributed by atoms with Crippen molar-refractivity contribution in [1.29, 1.82) is 0 Å². The molecule has 0 radical (unpaired) electrons. The van der Waals surface area contributed by atoms with Gasteiger partial charge in [-0.15, -0.1) is 0 Å². The molecule has 0 aliphatic heterocycles. The number of rotatable bonds is 7. The zero-order chi connectivity index (χ0) is 37.7. The molecule has 0 amide bonds. The molecule has 2 heterocycles. The smallest absolute Gasteiger partial charge is 0.0789 e. The fraction of sp³-hybridized carbons (Fsp3) is 0. The van der Waals surface area contributed by atoms with Gasteiger partial charge >= 0.3 is 0 Å². The Bertz CT molecular complexity index is 3220. The van der Waals surface area contributed by atoms with E-state index in [1.165, 1.54) is 60.3 Å². The van der Waals surface area contributed by atoms with E-state index in [1.54, 1.807) is 0 Å². The highest BCUT2D eigenvalue weighted by Gasteiger charge is 2.26. The van der Waals surface area contributed by atoms with Gasteiger partial charge in [0.15, 0.2) is 0 Å². The molecular weight excluding hydrogens is 691 g/mol. The van der Waals surface area contributed by atoms with E-state index in [1.807, 2.05) is 0 Å². The average molecular weight is 728 g/mol. The van der Waals surface area contributed by atoms with Crippen molar-refractivity contribution in [1.82, 2.24) is 9.13 Å². The van der Waals surface area contributed by atoms with E-state index in [0.717, 1.165) is 34.0 Å². The first-order valence-corrected chi connectivity index (χ1v) is 19.5. The molecule has 0 N–H and O–H groups in total. The fourth-order valence-corrected chi connectivity index (χ4v) is 8.80. The van der Waals surface area contributed by atoms with Crippen LogP contribution in [-0.4, -0.2) is 9.13 Å². The van der Waals surface area contributed by atoms with Crippen LogP contribution in [0.4, 0.5) is 17.1 Å².